The van der Waals surface area contributed by atoms with Crippen LogP contribution in [0.4, 0.5) is 0 Å². The average molecular weight is 346 g/mol. The van der Waals surface area contributed by atoms with Crippen LogP contribution in [0.1, 0.15) is 71.1 Å². The molecular weight excluding hydrogens is 312 g/mol. The van der Waals surface area contributed by atoms with E-state index < -0.39 is 24.4 Å². The molecule has 1 aliphatic heterocycles. The maximum atomic E-state index is 11.6. The van der Waals surface area contributed by atoms with E-state index in [0.717, 1.165) is 19.3 Å². The minimum atomic E-state index is -1.14. The third-order valence-electron chi connectivity index (χ3n) is 4.47. The lowest BCUT2D eigenvalue weighted by Gasteiger charge is -2.20. The fourth-order valence-corrected chi connectivity index (χ4v) is 2.89. The van der Waals surface area contributed by atoms with Gasteiger partial charge in [0.2, 0.25) is 0 Å². The Morgan fingerprint density at radius 3 is 2.21 bits per heavy atom. The summed E-state index contributed by atoms with van der Waals surface area (Å²) < 4.78 is 10.1. The lowest BCUT2D eigenvalue weighted by Crippen LogP contribution is -2.41. The van der Waals surface area contributed by atoms with Crippen molar-refractivity contribution < 1.29 is 29.6 Å². The minimum absolute atomic E-state index is 0.0186. The van der Waals surface area contributed by atoms with Crippen LogP contribution in [-0.2, 0) is 14.3 Å². The molecule has 3 N–H and O–H groups in total. The molecule has 0 unspecified atom stereocenters. The van der Waals surface area contributed by atoms with Gasteiger partial charge in [-0.05, 0) is 6.42 Å². The van der Waals surface area contributed by atoms with Gasteiger partial charge >= 0.3 is 5.97 Å². The van der Waals surface area contributed by atoms with Crippen LogP contribution in [0.3, 0.4) is 0 Å². The SMILES string of the molecule is CCCCCCCCCCCC(=O)OC[C@H](O)[C@@H]1OC[C@H](O)[C@H]1O. The molecule has 24 heavy (non-hydrogen) atoms. The molecule has 6 nitrogen and oxygen atoms in total. The molecule has 0 aromatic carbocycles. The first-order valence-electron chi connectivity index (χ1n) is 9.37. The molecule has 1 heterocycles. The lowest BCUT2D eigenvalue weighted by atomic mass is 10.1. The van der Waals surface area contributed by atoms with Crippen molar-refractivity contribution >= 4 is 5.97 Å². The van der Waals surface area contributed by atoms with Crippen LogP contribution in [0.15, 0.2) is 0 Å². The van der Waals surface area contributed by atoms with Crippen molar-refractivity contribution in [2.24, 2.45) is 0 Å². The highest BCUT2D eigenvalue weighted by Crippen LogP contribution is 2.18. The van der Waals surface area contributed by atoms with Crippen LogP contribution in [0, 0.1) is 0 Å². The normalized spacial score (nSPS) is 24.9. The van der Waals surface area contributed by atoms with Gasteiger partial charge < -0.3 is 24.8 Å². The van der Waals surface area contributed by atoms with Crippen molar-refractivity contribution in [3.63, 3.8) is 0 Å². The summed E-state index contributed by atoms with van der Waals surface area (Å²) in [5, 5.41) is 28.8. The van der Waals surface area contributed by atoms with E-state index in [2.05, 4.69) is 6.92 Å². The second-order valence-electron chi connectivity index (χ2n) is 6.68. The Morgan fingerprint density at radius 2 is 1.67 bits per heavy atom. The monoisotopic (exact) mass is 346 g/mol. The number of carbonyl (C=O) groups excluding carboxylic acids is 1. The molecule has 6 heteroatoms. The standard InChI is InChI=1S/C18H34O6/c1-2-3-4-5-6-7-8-9-10-11-16(21)23-13-15(20)18-17(22)14(19)12-24-18/h14-15,17-20,22H,2-13H2,1H3/t14-,15-,17+,18-/m0/s1. The molecule has 0 aromatic heterocycles. The van der Waals surface area contributed by atoms with Crippen LogP contribution in [-0.4, -0.2) is 58.9 Å². The first-order chi connectivity index (χ1) is 11.6. The van der Waals surface area contributed by atoms with Crippen LogP contribution in [0.2, 0.25) is 0 Å². The summed E-state index contributed by atoms with van der Waals surface area (Å²) in [6.07, 6.45) is 6.84. The number of ether oxygens (including phenoxy) is 2. The van der Waals surface area contributed by atoms with Crippen molar-refractivity contribution in [1.82, 2.24) is 0 Å². The maximum absolute atomic E-state index is 11.6. The van der Waals surface area contributed by atoms with Gasteiger partial charge in [0.05, 0.1) is 6.61 Å². The van der Waals surface area contributed by atoms with E-state index >= 15 is 0 Å². The quantitative estimate of drug-likeness (QED) is 0.348. The molecule has 1 saturated heterocycles. The zero-order valence-electron chi connectivity index (χ0n) is 14.9. The van der Waals surface area contributed by atoms with Gasteiger partial charge in [-0.1, -0.05) is 58.3 Å². The van der Waals surface area contributed by atoms with Crippen molar-refractivity contribution in [3.05, 3.63) is 0 Å². The fourth-order valence-electron chi connectivity index (χ4n) is 2.89. The number of hydrogen-bond donors (Lipinski definition) is 3. The topological polar surface area (TPSA) is 96.2 Å². The first kappa shape index (κ1) is 21.4. The van der Waals surface area contributed by atoms with E-state index in [1.54, 1.807) is 0 Å². The molecule has 0 aliphatic carbocycles. The van der Waals surface area contributed by atoms with Crippen LogP contribution < -0.4 is 0 Å². The van der Waals surface area contributed by atoms with Crippen molar-refractivity contribution in [2.75, 3.05) is 13.2 Å². The van der Waals surface area contributed by atoms with Gasteiger partial charge in [0, 0.05) is 6.42 Å². The largest absolute Gasteiger partial charge is 0.463 e. The molecule has 0 saturated carbocycles. The Labute approximate surface area is 145 Å². The molecule has 1 fully saturated rings. The molecule has 0 amide bonds. The van der Waals surface area contributed by atoms with Gasteiger partial charge in [0.25, 0.3) is 0 Å². The van der Waals surface area contributed by atoms with Crippen LogP contribution >= 0.6 is 0 Å². The summed E-state index contributed by atoms with van der Waals surface area (Å²) in [4.78, 5) is 11.6. The zero-order chi connectivity index (χ0) is 17.8. The van der Waals surface area contributed by atoms with E-state index in [1.807, 2.05) is 0 Å². The molecule has 142 valence electrons. The molecule has 1 rings (SSSR count). The van der Waals surface area contributed by atoms with E-state index in [-0.39, 0.29) is 19.2 Å². The molecular formula is C18H34O6. The highest BCUT2D eigenvalue weighted by atomic mass is 16.6. The summed E-state index contributed by atoms with van der Waals surface area (Å²) in [5.74, 6) is -0.343. The number of carbonyl (C=O) groups is 1. The summed E-state index contributed by atoms with van der Waals surface area (Å²) in [6.45, 7) is 1.98. The summed E-state index contributed by atoms with van der Waals surface area (Å²) in [5.41, 5.74) is 0. The Hall–Kier alpha value is -0.690. The third kappa shape index (κ3) is 8.42. The summed E-state index contributed by atoms with van der Waals surface area (Å²) in [7, 11) is 0. The smallest absolute Gasteiger partial charge is 0.305 e. The van der Waals surface area contributed by atoms with Crippen molar-refractivity contribution in [2.45, 2.75) is 95.5 Å². The number of esters is 1. The van der Waals surface area contributed by atoms with Gasteiger partial charge in [0.1, 0.15) is 31.0 Å². The molecule has 0 aromatic rings. The Morgan fingerprint density at radius 1 is 1.08 bits per heavy atom. The summed E-state index contributed by atoms with van der Waals surface area (Å²) >= 11 is 0. The van der Waals surface area contributed by atoms with Crippen LogP contribution in [0.25, 0.3) is 0 Å². The number of aliphatic hydroxyl groups is 3. The van der Waals surface area contributed by atoms with Gasteiger partial charge in [-0.2, -0.15) is 0 Å². The predicted molar refractivity (Wildman–Crippen MR) is 90.6 cm³/mol. The number of rotatable bonds is 13. The number of aliphatic hydroxyl groups excluding tert-OH is 3. The first-order valence-corrected chi connectivity index (χ1v) is 9.37. The van der Waals surface area contributed by atoms with E-state index in [9.17, 15) is 20.1 Å². The Kier molecular flexibility index (Phi) is 11.2. The van der Waals surface area contributed by atoms with Gasteiger partial charge in [0.15, 0.2) is 0 Å². The van der Waals surface area contributed by atoms with Crippen LogP contribution in [0.5, 0.6) is 0 Å². The Balaban J connectivity index is 1.96. The second kappa shape index (κ2) is 12.6. The van der Waals surface area contributed by atoms with E-state index in [4.69, 9.17) is 9.47 Å². The minimum Gasteiger partial charge on any atom is -0.463 e. The molecule has 4 atom stereocenters. The highest BCUT2D eigenvalue weighted by molar-refractivity contribution is 5.69. The van der Waals surface area contributed by atoms with E-state index in [1.165, 1.54) is 38.5 Å². The summed E-state index contributed by atoms with van der Waals surface area (Å²) in [6, 6.07) is 0. The Bertz CT molecular complexity index is 335. The highest BCUT2D eigenvalue weighted by Gasteiger charge is 2.39. The predicted octanol–water partition coefficient (Wildman–Crippen LogP) is 1.93. The van der Waals surface area contributed by atoms with Gasteiger partial charge in [-0.15, -0.1) is 0 Å². The average Bonchev–Trinajstić information content (AvgIpc) is 2.90. The molecule has 0 bridgehead atoms. The van der Waals surface area contributed by atoms with Crippen molar-refractivity contribution in [1.29, 1.82) is 0 Å². The second-order valence-corrected chi connectivity index (χ2v) is 6.68. The van der Waals surface area contributed by atoms with Gasteiger partial charge in [-0.25, -0.2) is 0 Å². The van der Waals surface area contributed by atoms with Gasteiger partial charge in [-0.3, -0.25) is 4.79 Å². The fraction of sp³-hybridized carbons (Fsp3) is 0.944. The van der Waals surface area contributed by atoms with E-state index in [0.29, 0.717) is 6.42 Å². The number of hydrogen-bond acceptors (Lipinski definition) is 6. The number of unbranched alkanes of at least 4 members (excludes halogenated alkanes) is 8. The third-order valence-corrected chi connectivity index (χ3v) is 4.47. The molecule has 1 aliphatic rings. The lowest BCUT2D eigenvalue weighted by molar-refractivity contribution is -0.151. The van der Waals surface area contributed by atoms with Crippen molar-refractivity contribution in [3.8, 4) is 0 Å². The zero-order valence-corrected chi connectivity index (χ0v) is 14.9. The maximum Gasteiger partial charge on any atom is 0.305 e. The molecule has 0 radical (unpaired) electrons. The molecule has 0 spiro atoms.